The van der Waals surface area contributed by atoms with Crippen LogP contribution in [0, 0.1) is 5.92 Å². The highest BCUT2D eigenvalue weighted by molar-refractivity contribution is 4.93. The van der Waals surface area contributed by atoms with Crippen molar-refractivity contribution in [2.45, 2.75) is 53.0 Å². The molecule has 0 saturated carbocycles. The molecule has 0 atom stereocenters. The van der Waals surface area contributed by atoms with Crippen LogP contribution in [0.25, 0.3) is 0 Å². The lowest BCUT2D eigenvalue weighted by Gasteiger charge is -2.26. The van der Waals surface area contributed by atoms with Crippen molar-refractivity contribution in [3.63, 3.8) is 0 Å². The van der Waals surface area contributed by atoms with Gasteiger partial charge in [-0.3, -0.25) is 0 Å². The lowest BCUT2D eigenvalue weighted by Crippen LogP contribution is -2.24. The molecule has 0 aliphatic carbocycles. The Labute approximate surface area is 83.8 Å². The number of nitrogens with zero attached hydrogens (tertiary/aromatic N) is 1. The third kappa shape index (κ3) is 5.73. The van der Waals surface area contributed by atoms with E-state index in [-0.39, 0.29) is 0 Å². The Hall–Kier alpha value is -0.460. The summed E-state index contributed by atoms with van der Waals surface area (Å²) in [5, 5.41) is 0. The van der Waals surface area contributed by atoms with Gasteiger partial charge in [0, 0.05) is 18.8 Å². The summed E-state index contributed by atoms with van der Waals surface area (Å²) in [6, 6.07) is 0.576. The predicted molar refractivity (Wildman–Crippen MR) is 60.7 cm³/mol. The Morgan fingerprint density at radius 3 is 2.15 bits per heavy atom. The van der Waals surface area contributed by atoms with Crippen molar-refractivity contribution in [2.24, 2.45) is 5.92 Å². The van der Waals surface area contributed by atoms with E-state index in [1.165, 1.54) is 18.5 Å². The van der Waals surface area contributed by atoms with Crippen molar-refractivity contribution in [3.8, 4) is 0 Å². The van der Waals surface area contributed by atoms with Gasteiger partial charge in [-0.15, -0.1) is 0 Å². The van der Waals surface area contributed by atoms with Gasteiger partial charge in [0.1, 0.15) is 0 Å². The minimum Gasteiger partial charge on any atom is -0.376 e. The Kier molecular flexibility index (Phi) is 5.85. The molecule has 1 nitrogen and oxygen atoms in total. The Morgan fingerprint density at radius 2 is 1.77 bits per heavy atom. The largest absolute Gasteiger partial charge is 0.376 e. The summed E-state index contributed by atoms with van der Waals surface area (Å²) in [6.45, 7) is 13.0. The van der Waals surface area contributed by atoms with Gasteiger partial charge in [-0.1, -0.05) is 26.8 Å². The zero-order valence-electron chi connectivity index (χ0n) is 9.93. The van der Waals surface area contributed by atoms with Crippen LogP contribution in [0.1, 0.15) is 47.0 Å². The van der Waals surface area contributed by atoms with Crippen LogP contribution >= 0.6 is 0 Å². The first kappa shape index (κ1) is 12.5. The minimum absolute atomic E-state index is 0.576. The molecular formula is C12H25N. The molecule has 0 aliphatic rings. The molecule has 0 aromatic rings. The van der Waals surface area contributed by atoms with E-state index in [1.54, 1.807) is 0 Å². The summed E-state index contributed by atoms with van der Waals surface area (Å²) in [5.74, 6) is 0.817. The molecule has 0 unspecified atom stereocenters. The van der Waals surface area contributed by atoms with E-state index in [2.05, 4.69) is 46.2 Å². The molecule has 0 bridgehead atoms. The van der Waals surface area contributed by atoms with Crippen LogP contribution in [-0.4, -0.2) is 18.0 Å². The Balaban J connectivity index is 3.62. The summed E-state index contributed by atoms with van der Waals surface area (Å²) in [5.41, 5.74) is 1.27. The zero-order valence-corrected chi connectivity index (χ0v) is 9.93. The summed E-state index contributed by atoms with van der Waals surface area (Å²) >= 11 is 0. The van der Waals surface area contributed by atoms with Crippen LogP contribution in [0.2, 0.25) is 0 Å². The van der Waals surface area contributed by atoms with Crippen LogP contribution in [0.5, 0.6) is 0 Å². The van der Waals surface area contributed by atoms with Gasteiger partial charge >= 0.3 is 0 Å². The van der Waals surface area contributed by atoms with Gasteiger partial charge in [0.05, 0.1) is 0 Å². The third-order valence-electron chi connectivity index (χ3n) is 2.52. The number of allylic oxidation sites excluding steroid dienone is 1. The van der Waals surface area contributed by atoms with Gasteiger partial charge < -0.3 is 4.90 Å². The fourth-order valence-corrected chi connectivity index (χ4v) is 1.26. The molecule has 78 valence electrons. The molecule has 0 amide bonds. The second-order valence-corrected chi connectivity index (χ2v) is 4.56. The minimum atomic E-state index is 0.576. The average molecular weight is 183 g/mol. The first-order chi connectivity index (χ1) is 5.95. The Bertz CT molecular complexity index is 147. The quantitative estimate of drug-likeness (QED) is 0.607. The van der Waals surface area contributed by atoms with Gasteiger partial charge in [0.15, 0.2) is 0 Å². The van der Waals surface area contributed by atoms with Crippen molar-refractivity contribution in [1.82, 2.24) is 4.90 Å². The number of rotatable bonds is 6. The monoisotopic (exact) mass is 183 g/mol. The van der Waals surface area contributed by atoms with Crippen LogP contribution in [0.15, 0.2) is 12.3 Å². The molecular weight excluding hydrogens is 158 g/mol. The molecule has 0 aromatic heterocycles. The topological polar surface area (TPSA) is 3.24 Å². The first-order valence-electron chi connectivity index (χ1n) is 5.35. The summed E-state index contributed by atoms with van der Waals surface area (Å²) in [4.78, 5) is 2.26. The average Bonchev–Trinajstić information content (AvgIpc) is 2.02. The molecule has 1 heteroatoms. The van der Waals surface area contributed by atoms with Crippen molar-refractivity contribution in [2.75, 3.05) is 7.05 Å². The van der Waals surface area contributed by atoms with Gasteiger partial charge in [-0.05, 0) is 32.6 Å². The van der Waals surface area contributed by atoms with E-state index in [9.17, 15) is 0 Å². The third-order valence-corrected chi connectivity index (χ3v) is 2.52. The fraction of sp³-hybridized carbons (Fsp3) is 0.833. The van der Waals surface area contributed by atoms with Crippen molar-refractivity contribution >= 4 is 0 Å². The van der Waals surface area contributed by atoms with Gasteiger partial charge in [0.25, 0.3) is 0 Å². The lowest BCUT2D eigenvalue weighted by molar-refractivity contribution is 0.329. The van der Waals surface area contributed by atoms with E-state index in [1.807, 2.05) is 0 Å². The highest BCUT2D eigenvalue weighted by Gasteiger charge is 2.05. The fourth-order valence-electron chi connectivity index (χ4n) is 1.26. The lowest BCUT2D eigenvalue weighted by atomic mass is 10.1. The molecule has 0 spiro atoms. The van der Waals surface area contributed by atoms with E-state index < -0.39 is 0 Å². The molecule has 13 heavy (non-hydrogen) atoms. The van der Waals surface area contributed by atoms with Crippen LogP contribution < -0.4 is 0 Å². The zero-order chi connectivity index (χ0) is 10.4. The summed E-state index contributed by atoms with van der Waals surface area (Å²) < 4.78 is 0. The molecule has 0 heterocycles. The van der Waals surface area contributed by atoms with Crippen LogP contribution in [0.3, 0.4) is 0 Å². The maximum atomic E-state index is 4.10. The second-order valence-electron chi connectivity index (χ2n) is 4.56. The van der Waals surface area contributed by atoms with Crippen molar-refractivity contribution in [1.29, 1.82) is 0 Å². The van der Waals surface area contributed by atoms with Gasteiger partial charge in [0.2, 0.25) is 0 Å². The molecule has 0 N–H and O–H groups in total. The SMILES string of the molecule is C=C(CCCC(C)C)N(C)C(C)C. The molecule has 0 saturated heterocycles. The van der Waals surface area contributed by atoms with E-state index in [0.717, 1.165) is 12.3 Å². The van der Waals surface area contributed by atoms with Crippen molar-refractivity contribution < 1.29 is 0 Å². The smallest absolute Gasteiger partial charge is 0.0226 e. The first-order valence-corrected chi connectivity index (χ1v) is 5.35. The molecule has 0 radical (unpaired) electrons. The molecule has 0 rings (SSSR count). The highest BCUT2D eigenvalue weighted by Crippen LogP contribution is 2.14. The van der Waals surface area contributed by atoms with Gasteiger partial charge in [-0.2, -0.15) is 0 Å². The van der Waals surface area contributed by atoms with Crippen LogP contribution in [-0.2, 0) is 0 Å². The molecule has 0 aliphatic heterocycles. The maximum Gasteiger partial charge on any atom is 0.0226 e. The number of hydrogen-bond donors (Lipinski definition) is 0. The summed E-state index contributed by atoms with van der Waals surface area (Å²) in [7, 11) is 2.13. The summed E-state index contributed by atoms with van der Waals surface area (Å²) in [6.07, 6.45) is 3.73. The highest BCUT2D eigenvalue weighted by atomic mass is 15.1. The molecule has 0 fully saturated rings. The normalized spacial score (nSPS) is 11.0. The van der Waals surface area contributed by atoms with E-state index in [4.69, 9.17) is 0 Å². The number of hydrogen-bond acceptors (Lipinski definition) is 1. The predicted octanol–water partition coefficient (Wildman–Crippen LogP) is 3.67. The molecule has 0 aromatic carbocycles. The van der Waals surface area contributed by atoms with Gasteiger partial charge in [-0.25, -0.2) is 0 Å². The van der Waals surface area contributed by atoms with E-state index in [0.29, 0.717) is 6.04 Å². The second kappa shape index (κ2) is 6.06. The Morgan fingerprint density at radius 1 is 1.23 bits per heavy atom. The van der Waals surface area contributed by atoms with Crippen LogP contribution in [0.4, 0.5) is 0 Å². The van der Waals surface area contributed by atoms with E-state index >= 15 is 0 Å². The maximum absolute atomic E-state index is 4.10. The van der Waals surface area contributed by atoms with Crippen molar-refractivity contribution in [3.05, 3.63) is 12.3 Å². The standard InChI is InChI=1S/C12H25N/c1-10(2)8-7-9-12(5)13(6)11(3)4/h10-11H,5,7-9H2,1-4,6H3.